The van der Waals surface area contributed by atoms with Crippen LogP contribution < -0.4 is 5.32 Å². The van der Waals surface area contributed by atoms with E-state index in [1.165, 1.54) is 12.1 Å². The Labute approximate surface area is 93.3 Å². The van der Waals surface area contributed by atoms with Gasteiger partial charge in [0.2, 0.25) is 0 Å². The molecule has 0 unspecified atom stereocenters. The van der Waals surface area contributed by atoms with E-state index in [1.807, 2.05) is 6.26 Å². The maximum atomic E-state index is 13.2. The largest absolute Gasteiger partial charge is 0.352 e. The van der Waals surface area contributed by atoms with Crippen molar-refractivity contribution < 1.29 is 9.18 Å². The van der Waals surface area contributed by atoms with Crippen molar-refractivity contribution in [1.82, 2.24) is 5.32 Å². The zero-order chi connectivity index (χ0) is 11.1. The third-order valence-corrected chi connectivity index (χ3v) is 2.63. The SMILES string of the molecule is CSCCCNC(=O)c1ccccc1F. The Morgan fingerprint density at radius 2 is 2.20 bits per heavy atom. The number of rotatable bonds is 5. The third-order valence-electron chi connectivity index (χ3n) is 1.93. The Kier molecular flexibility index (Phi) is 5.18. The van der Waals surface area contributed by atoms with Crippen LogP contribution in [-0.2, 0) is 0 Å². The van der Waals surface area contributed by atoms with E-state index in [0.717, 1.165) is 12.2 Å². The van der Waals surface area contributed by atoms with Crippen molar-refractivity contribution in [3.8, 4) is 0 Å². The van der Waals surface area contributed by atoms with Crippen molar-refractivity contribution in [2.24, 2.45) is 0 Å². The van der Waals surface area contributed by atoms with E-state index in [2.05, 4.69) is 5.32 Å². The maximum Gasteiger partial charge on any atom is 0.254 e. The number of nitrogens with one attached hydrogen (secondary N) is 1. The highest BCUT2D eigenvalue weighted by Gasteiger charge is 2.08. The van der Waals surface area contributed by atoms with Crippen molar-refractivity contribution in [2.75, 3.05) is 18.6 Å². The van der Waals surface area contributed by atoms with Crippen LogP contribution in [0.15, 0.2) is 24.3 Å². The second-order valence-electron chi connectivity index (χ2n) is 3.08. The average Bonchev–Trinajstić information content (AvgIpc) is 2.25. The van der Waals surface area contributed by atoms with Gasteiger partial charge in [0.1, 0.15) is 5.82 Å². The maximum absolute atomic E-state index is 13.2. The molecule has 1 amide bonds. The minimum absolute atomic E-state index is 0.113. The lowest BCUT2D eigenvalue weighted by Crippen LogP contribution is -2.25. The first kappa shape index (κ1) is 12.0. The fraction of sp³-hybridized carbons (Fsp3) is 0.364. The van der Waals surface area contributed by atoms with Crippen LogP contribution >= 0.6 is 11.8 Å². The Balaban J connectivity index is 2.44. The average molecular weight is 227 g/mol. The molecule has 0 fully saturated rings. The zero-order valence-electron chi connectivity index (χ0n) is 8.63. The Bertz CT molecular complexity index is 330. The number of thioether (sulfide) groups is 1. The summed E-state index contributed by atoms with van der Waals surface area (Å²) in [5.74, 6) is 0.187. The highest BCUT2D eigenvalue weighted by molar-refractivity contribution is 7.98. The Hall–Kier alpha value is -1.03. The standard InChI is InChI=1S/C11H14FNOS/c1-15-8-4-7-13-11(14)9-5-2-3-6-10(9)12/h2-3,5-6H,4,7-8H2,1H3,(H,13,14). The molecule has 0 aliphatic rings. The van der Waals surface area contributed by atoms with Crippen LogP contribution in [0.4, 0.5) is 4.39 Å². The van der Waals surface area contributed by atoms with Gasteiger partial charge < -0.3 is 5.32 Å². The number of carbonyl (C=O) groups excluding carboxylic acids is 1. The molecule has 1 aromatic carbocycles. The number of carbonyl (C=O) groups is 1. The monoisotopic (exact) mass is 227 g/mol. The van der Waals surface area contributed by atoms with E-state index < -0.39 is 5.82 Å². The van der Waals surface area contributed by atoms with Crippen LogP contribution in [0.1, 0.15) is 16.8 Å². The molecule has 0 bridgehead atoms. The molecule has 1 rings (SSSR count). The molecule has 82 valence electrons. The summed E-state index contributed by atoms with van der Waals surface area (Å²) in [6, 6.07) is 6.00. The second kappa shape index (κ2) is 6.45. The molecular weight excluding hydrogens is 213 g/mol. The third kappa shape index (κ3) is 3.91. The molecule has 0 heterocycles. The molecule has 0 aliphatic carbocycles. The van der Waals surface area contributed by atoms with Gasteiger partial charge in [0.05, 0.1) is 5.56 Å². The van der Waals surface area contributed by atoms with Crippen LogP contribution in [0.2, 0.25) is 0 Å². The van der Waals surface area contributed by atoms with Gasteiger partial charge in [-0.05, 0) is 30.6 Å². The van der Waals surface area contributed by atoms with Gasteiger partial charge in [0.15, 0.2) is 0 Å². The first-order valence-corrected chi connectivity index (χ1v) is 6.16. The zero-order valence-corrected chi connectivity index (χ0v) is 9.44. The minimum Gasteiger partial charge on any atom is -0.352 e. The first-order valence-electron chi connectivity index (χ1n) is 4.77. The van der Waals surface area contributed by atoms with Crippen LogP contribution in [0.5, 0.6) is 0 Å². The molecule has 1 N–H and O–H groups in total. The molecule has 2 nitrogen and oxygen atoms in total. The lowest BCUT2D eigenvalue weighted by Gasteiger charge is -2.04. The number of benzene rings is 1. The van der Waals surface area contributed by atoms with Gasteiger partial charge in [-0.15, -0.1) is 0 Å². The number of hydrogen-bond acceptors (Lipinski definition) is 2. The molecular formula is C11H14FNOS. The summed E-state index contributed by atoms with van der Waals surface area (Å²) in [6.07, 6.45) is 2.92. The quantitative estimate of drug-likeness (QED) is 0.782. The van der Waals surface area contributed by atoms with Gasteiger partial charge in [-0.2, -0.15) is 11.8 Å². The van der Waals surface area contributed by atoms with Crippen LogP contribution in [0.25, 0.3) is 0 Å². The van der Waals surface area contributed by atoms with E-state index in [-0.39, 0.29) is 11.5 Å². The van der Waals surface area contributed by atoms with Gasteiger partial charge in [0, 0.05) is 6.54 Å². The van der Waals surface area contributed by atoms with Crippen molar-refractivity contribution in [1.29, 1.82) is 0 Å². The van der Waals surface area contributed by atoms with Gasteiger partial charge in [0.25, 0.3) is 5.91 Å². The smallest absolute Gasteiger partial charge is 0.254 e. The summed E-state index contributed by atoms with van der Waals surface area (Å²) in [6.45, 7) is 0.591. The molecule has 0 saturated carbocycles. The van der Waals surface area contributed by atoms with Crippen LogP contribution in [0, 0.1) is 5.82 Å². The fourth-order valence-corrected chi connectivity index (χ4v) is 1.59. The topological polar surface area (TPSA) is 29.1 Å². The molecule has 0 spiro atoms. The molecule has 0 aromatic heterocycles. The number of hydrogen-bond donors (Lipinski definition) is 1. The summed E-state index contributed by atoms with van der Waals surface area (Å²) in [5.41, 5.74) is 0.113. The van der Waals surface area contributed by atoms with E-state index in [0.29, 0.717) is 6.54 Å². The van der Waals surface area contributed by atoms with Crippen LogP contribution in [0.3, 0.4) is 0 Å². The second-order valence-corrected chi connectivity index (χ2v) is 4.07. The molecule has 1 aromatic rings. The lowest BCUT2D eigenvalue weighted by molar-refractivity contribution is 0.0950. The van der Waals surface area contributed by atoms with E-state index in [1.54, 1.807) is 23.9 Å². The summed E-state index contributed by atoms with van der Waals surface area (Å²) in [4.78, 5) is 11.5. The fourth-order valence-electron chi connectivity index (χ4n) is 1.16. The minimum atomic E-state index is -0.472. The van der Waals surface area contributed by atoms with E-state index in [4.69, 9.17) is 0 Å². The molecule has 0 atom stereocenters. The van der Waals surface area contributed by atoms with Gasteiger partial charge in [-0.1, -0.05) is 12.1 Å². The first-order chi connectivity index (χ1) is 7.25. The van der Waals surface area contributed by atoms with Gasteiger partial charge in [-0.25, -0.2) is 4.39 Å². The normalized spacial score (nSPS) is 10.0. The summed E-state index contributed by atoms with van der Waals surface area (Å²) in [5, 5.41) is 2.68. The summed E-state index contributed by atoms with van der Waals surface area (Å²) in [7, 11) is 0. The number of amides is 1. The van der Waals surface area contributed by atoms with Crippen LogP contribution in [-0.4, -0.2) is 24.5 Å². The molecule has 0 aliphatic heterocycles. The predicted molar refractivity (Wildman–Crippen MR) is 61.7 cm³/mol. The highest BCUT2D eigenvalue weighted by atomic mass is 32.2. The van der Waals surface area contributed by atoms with Crippen molar-refractivity contribution in [3.05, 3.63) is 35.6 Å². The highest BCUT2D eigenvalue weighted by Crippen LogP contribution is 2.05. The Morgan fingerprint density at radius 1 is 1.47 bits per heavy atom. The Morgan fingerprint density at radius 3 is 2.87 bits per heavy atom. The molecule has 15 heavy (non-hydrogen) atoms. The number of halogens is 1. The van der Waals surface area contributed by atoms with Crippen molar-refractivity contribution >= 4 is 17.7 Å². The predicted octanol–water partition coefficient (Wildman–Crippen LogP) is 2.31. The van der Waals surface area contributed by atoms with Crippen molar-refractivity contribution in [2.45, 2.75) is 6.42 Å². The molecule has 4 heteroatoms. The van der Waals surface area contributed by atoms with E-state index in [9.17, 15) is 9.18 Å². The van der Waals surface area contributed by atoms with Gasteiger partial charge in [-0.3, -0.25) is 4.79 Å². The molecule has 0 saturated heterocycles. The summed E-state index contributed by atoms with van der Waals surface area (Å²) >= 11 is 1.73. The lowest BCUT2D eigenvalue weighted by atomic mass is 10.2. The van der Waals surface area contributed by atoms with Gasteiger partial charge >= 0.3 is 0 Å². The summed E-state index contributed by atoms with van der Waals surface area (Å²) < 4.78 is 13.2. The van der Waals surface area contributed by atoms with E-state index >= 15 is 0 Å². The molecule has 0 radical (unpaired) electrons. The van der Waals surface area contributed by atoms with Crippen molar-refractivity contribution in [3.63, 3.8) is 0 Å².